The van der Waals surface area contributed by atoms with E-state index in [9.17, 15) is 4.79 Å². The summed E-state index contributed by atoms with van der Waals surface area (Å²) >= 11 is 0. The summed E-state index contributed by atoms with van der Waals surface area (Å²) in [5.41, 5.74) is 8.06. The molecule has 2 atom stereocenters. The molecule has 0 unspecified atom stereocenters. The minimum Gasteiger partial charge on any atom is -0.382 e. The summed E-state index contributed by atoms with van der Waals surface area (Å²) in [5, 5.41) is 3.72. The summed E-state index contributed by atoms with van der Waals surface area (Å²) in [6, 6.07) is 9.11. The summed E-state index contributed by atoms with van der Waals surface area (Å²) in [7, 11) is 0. The third-order valence-electron chi connectivity index (χ3n) is 5.56. The van der Waals surface area contributed by atoms with Gasteiger partial charge in [0.2, 0.25) is 5.91 Å². The van der Waals surface area contributed by atoms with E-state index < -0.39 is 0 Å². The van der Waals surface area contributed by atoms with Gasteiger partial charge in [0, 0.05) is 24.8 Å². The van der Waals surface area contributed by atoms with E-state index in [-0.39, 0.29) is 11.8 Å². The second kappa shape index (κ2) is 7.35. The molecule has 23 heavy (non-hydrogen) atoms. The summed E-state index contributed by atoms with van der Waals surface area (Å²) in [4.78, 5) is 13.8. The van der Waals surface area contributed by atoms with Gasteiger partial charge in [-0.2, -0.15) is 0 Å². The number of nitrogens with one attached hydrogen (secondary N) is 1. The number of carbonyl (C=O) groups excluding carboxylic acids is 1. The molecule has 2 aliphatic rings. The lowest BCUT2D eigenvalue weighted by Crippen LogP contribution is -2.40. The van der Waals surface area contributed by atoms with Crippen molar-refractivity contribution in [3.8, 4) is 0 Å². The van der Waals surface area contributed by atoms with Gasteiger partial charge in [-0.1, -0.05) is 24.6 Å². The van der Waals surface area contributed by atoms with Crippen LogP contribution in [0.4, 0.5) is 5.69 Å². The molecule has 2 fully saturated rings. The monoisotopic (exact) mass is 315 g/mol. The molecule has 3 rings (SSSR count). The van der Waals surface area contributed by atoms with Crippen LogP contribution < -0.4 is 11.1 Å². The van der Waals surface area contributed by atoms with Crippen LogP contribution in [0, 0.1) is 11.8 Å². The highest BCUT2D eigenvalue weighted by Crippen LogP contribution is 2.32. The number of nitrogens with two attached hydrogens (primary N) is 1. The van der Waals surface area contributed by atoms with Gasteiger partial charge in [0.1, 0.15) is 0 Å². The molecular weight excluding hydrogens is 286 g/mol. The van der Waals surface area contributed by atoms with Crippen LogP contribution in [0.5, 0.6) is 0 Å². The predicted octanol–water partition coefficient (Wildman–Crippen LogP) is 2.98. The van der Waals surface area contributed by atoms with Crippen LogP contribution >= 0.6 is 0 Å². The van der Waals surface area contributed by atoms with Crippen LogP contribution in [0.3, 0.4) is 0 Å². The molecule has 0 aromatic heterocycles. The molecule has 0 bridgehead atoms. The molecular formula is C19H29N3O. The van der Waals surface area contributed by atoms with Gasteiger partial charge in [-0.3, -0.25) is 9.69 Å². The Balaban J connectivity index is 1.64. The van der Waals surface area contributed by atoms with Crippen LogP contribution in [-0.2, 0) is 11.3 Å². The molecule has 1 aromatic rings. The smallest absolute Gasteiger partial charge is 0.221 e. The Morgan fingerprint density at radius 2 is 2.09 bits per heavy atom. The number of amides is 1. The van der Waals surface area contributed by atoms with Crippen molar-refractivity contribution in [2.45, 2.75) is 51.6 Å². The zero-order valence-corrected chi connectivity index (χ0v) is 14.1. The number of primary amides is 1. The van der Waals surface area contributed by atoms with Crippen molar-refractivity contribution in [1.29, 1.82) is 0 Å². The number of nitrogens with zero attached hydrogens (tertiary/aromatic N) is 1. The highest BCUT2D eigenvalue weighted by molar-refractivity contribution is 5.76. The fourth-order valence-electron chi connectivity index (χ4n) is 3.77. The third kappa shape index (κ3) is 4.05. The van der Waals surface area contributed by atoms with E-state index in [0.717, 1.165) is 38.4 Å². The van der Waals surface area contributed by atoms with Crippen LogP contribution in [0.2, 0.25) is 0 Å². The first-order valence-electron chi connectivity index (χ1n) is 8.99. The highest BCUT2D eigenvalue weighted by Gasteiger charge is 2.26. The number of para-hydroxylation sites is 1. The second-order valence-corrected chi connectivity index (χ2v) is 7.26. The summed E-state index contributed by atoms with van der Waals surface area (Å²) < 4.78 is 0. The van der Waals surface area contributed by atoms with E-state index in [0.29, 0.717) is 6.04 Å². The van der Waals surface area contributed by atoms with Gasteiger partial charge in [0.25, 0.3) is 0 Å². The first-order chi connectivity index (χ1) is 11.1. The Hall–Kier alpha value is -1.55. The number of carbonyl (C=O) groups is 1. The van der Waals surface area contributed by atoms with E-state index >= 15 is 0 Å². The molecule has 1 saturated heterocycles. The number of likely N-dealkylation sites (tertiary alicyclic amines) is 1. The van der Waals surface area contributed by atoms with E-state index in [1.807, 2.05) is 0 Å². The van der Waals surface area contributed by atoms with Gasteiger partial charge >= 0.3 is 0 Å². The minimum atomic E-state index is -0.153. The molecule has 0 spiro atoms. The summed E-state index contributed by atoms with van der Waals surface area (Å²) in [5.74, 6) is 0.676. The number of rotatable bonds is 6. The van der Waals surface area contributed by atoms with Gasteiger partial charge < -0.3 is 11.1 Å². The van der Waals surface area contributed by atoms with Gasteiger partial charge in [0.05, 0.1) is 5.92 Å². The topological polar surface area (TPSA) is 58.4 Å². The van der Waals surface area contributed by atoms with Crippen LogP contribution in [0.25, 0.3) is 0 Å². The second-order valence-electron chi connectivity index (χ2n) is 7.26. The Morgan fingerprint density at radius 1 is 1.30 bits per heavy atom. The molecule has 1 amide bonds. The molecule has 1 aliphatic carbocycles. The predicted molar refractivity (Wildman–Crippen MR) is 94.1 cm³/mol. The lowest BCUT2D eigenvalue weighted by Gasteiger charge is -2.34. The van der Waals surface area contributed by atoms with Crippen molar-refractivity contribution in [3.05, 3.63) is 29.8 Å². The van der Waals surface area contributed by atoms with E-state index in [1.165, 1.54) is 30.5 Å². The van der Waals surface area contributed by atoms with E-state index in [4.69, 9.17) is 5.73 Å². The number of hydrogen-bond acceptors (Lipinski definition) is 3. The number of anilines is 1. The number of benzene rings is 1. The molecule has 4 nitrogen and oxygen atoms in total. The number of piperidine rings is 1. The van der Waals surface area contributed by atoms with Gasteiger partial charge in [-0.25, -0.2) is 0 Å². The van der Waals surface area contributed by atoms with Crippen molar-refractivity contribution in [2.75, 3.05) is 18.4 Å². The lowest BCUT2D eigenvalue weighted by atomic mass is 9.80. The van der Waals surface area contributed by atoms with Crippen molar-refractivity contribution in [2.24, 2.45) is 17.6 Å². The molecule has 4 heteroatoms. The van der Waals surface area contributed by atoms with Crippen LogP contribution in [0.1, 0.15) is 44.6 Å². The van der Waals surface area contributed by atoms with Gasteiger partial charge in [-0.05, 0) is 56.7 Å². The minimum absolute atomic E-state index is 0.0118. The quantitative estimate of drug-likeness (QED) is 0.848. The summed E-state index contributed by atoms with van der Waals surface area (Å²) in [6.45, 7) is 5.03. The van der Waals surface area contributed by atoms with Crippen LogP contribution in [0.15, 0.2) is 24.3 Å². The molecule has 1 aromatic carbocycles. The van der Waals surface area contributed by atoms with E-state index in [2.05, 4.69) is 41.4 Å². The fourth-order valence-corrected chi connectivity index (χ4v) is 3.77. The van der Waals surface area contributed by atoms with Crippen molar-refractivity contribution >= 4 is 11.6 Å². The largest absolute Gasteiger partial charge is 0.382 e. The maximum atomic E-state index is 11.5. The fraction of sp³-hybridized carbons (Fsp3) is 0.632. The normalized spacial score (nSPS) is 24.0. The molecule has 3 N–H and O–H groups in total. The molecule has 0 radical (unpaired) electrons. The van der Waals surface area contributed by atoms with Crippen molar-refractivity contribution in [3.63, 3.8) is 0 Å². The van der Waals surface area contributed by atoms with Crippen molar-refractivity contribution < 1.29 is 4.79 Å². The zero-order valence-electron chi connectivity index (χ0n) is 14.1. The molecule has 1 saturated carbocycles. The zero-order chi connectivity index (χ0) is 16.2. The lowest BCUT2D eigenvalue weighted by molar-refractivity contribution is -0.123. The van der Waals surface area contributed by atoms with Gasteiger partial charge in [0.15, 0.2) is 0 Å². The van der Waals surface area contributed by atoms with E-state index in [1.54, 1.807) is 0 Å². The van der Waals surface area contributed by atoms with Crippen LogP contribution in [-0.4, -0.2) is 29.9 Å². The maximum absolute atomic E-state index is 11.5. The first-order valence-corrected chi connectivity index (χ1v) is 8.99. The SMILES string of the molecule is C[C@@H](Nc1ccccc1CN1CCC[C@H](C(N)=O)C1)C1CCC1. The molecule has 1 heterocycles. The van der Waals surface area contributed by atoms with Crippen molar-refractivity contribution in [1.82, 2.24) is 4.90 Å². The molecule has 1 aliphatic heterocycles. The Labute approximate surface area is 139 Å². The maximum Gasteiger partial charge on any atom is 0.221 e. The Kier molecular flexibility index (Phi) is 5.21. The standard InChI is InChI=1S/C19H29N3O/c1-14(15-7-4-8-15)21-18-10-3-2-6-16(18)12-22-11-5-9-17(13-22)19(20)23/h2-3,6,10,14-15,17,21H,4-5,7-9,11-13H2,1H3,(H2,20,23)/t14-,17+/m1/s1. The third-order valence-corrected chi connectivity index (χ3v) is 5.56. The first kappa shape index (κ1) is 16.3. The Morgan fingerprint density at radius 3 is 2.78 bits per heavy atom. The highest BCUT2D eigenvalue weighted by atomic mass is 16.1. The number of hydrogen-bond donors (Lipinski definition) is 2. The van der Waals surface area contributed by atoms with Gasteiger partial charge in [-0.15, -0.1) is 0 Å². The average molecular weight is 315 g/mol. The molecule has 126 valence electrons. The Bertz CT molecular complexity index is 541. The summed E-state index contributed by atoms with van der Waals surface area (Å²) in [6.07, 6.45) is 6.07. The average Bonchev–Trinajstić information content (AvgIpc) is 2.47.